The fraction of sp³-hybridized carbons (Fsp3) is 0.484. The van der Waals surface area contributed by atoms with E-state index in [0.717, 1.165) is 47.6 Å². The van der Waals surface area contributed by atoms with E-state index in [-0.39, 0.29) is 0 Å². The zero-order valence-corrected chi connectivity index (χ0v) is 25.3. The molecular weight excluding hydrogens is 520 g/mol. The first-order valence-corrected chi connectivity index (χ1v) is 15.0. The highest BCUT2D eigenvalue weighted by molar-refractivity contribution is 7.15. The lowest BCUT2D eigenvalue weighted by atomic mass is 9.93. The predicted molar refractivity (Wildman–Crippen MR) is 164 cm³/mol. The molecule has 1 saturated heterocycles. The van der Waals surface area contributed by atoms with Crippen molar-refractivity contribution in [2.75, 3.05) is 26.7 Å². The molecule has 8 nitrogen and oxygen atoms in total. The Labute approximate surface area is 242 Å². The number of nitrogens with zero attached hydrogens (tertiary/aromatic N) is 5. The Balaban J connectivity index is 0.000000470. The van der Waals surface area contributed by atoms with E-state index in [0.29, 0.717) is 12.4 Å². The first kappa shape index (κ1) is 29.7. The van der Waals surface area contributed by atoms with Crippen LogP contribution < -0.4 is 10.1 Å². The van der Waals surface area contributed by atoms with Crippen LogP contribution in [0.1, 0.15) is 72.2 Å². The third kappa shape index (κ3) is 7.26. The number of aryl methyl sites for hydroxylation is 2. The minimum Gasteiger partial charge on any atom is -0.494 e. The molecule has 0 aliphatic carbocycles. The van der Waals surface area contributed by atoms with Gasteiger partial charge in [-0.2, -0.15) is 0 Å². The SMILES string of the molecule is C=COC(C)=NC.Cc1sc2c(c1C)C(c1ccc(OCCCCC3CCNCC3)cc1)=NCc1nnc(C)n1-2. The van der Waals surface area contributed by atoms with Crippen molar-refractivity contribution in [1.82, 2.24) is 20.1 Å². The maximum Gasteiger partial charge on any atom is 0.185 e. The maximum absolute atomic E-state index is 6.04. The van der Waals surface area contributed by atoms with Gasteiger partial charge in [-0.15, -0.1) is 21.5 Å². The Morgan fingerprint density at radius 3 is 2.58 bits per heavy atom. The molecule has 0 saturated carbocycles. The molecule has 2 aliphatic heterocycles. The number of rotatable bonds is 8. The zero-order chi connectivity index (χ0) is 28.5. The number of aromatic nitrogens is 3. The lowest BCUT2D eigenvalue weighted by molar-refractivity contribution is 0.287. The summed E-state index contributed by atoms with van der Waals surface area (Å²) in [6.45, 7) is 15.2. The van der Waals surface area contributed by atoms with Gasteiger partial charge in [0.2, 0.25) is 0 Å². The van der Waals surface area contributed by atoms with Crippen LogP contribution in [0.3, 0.4) is 0 Å². The average Bonchev–Trinajstić information content (AvgIpc) is 3.42. The van der Waals surface area contributed by atoms with Gasteiger partial charge >= 0.3 is 0 Å². The summed E-state index contributed by atoms with van der Waals surface area (Å²) in [5.74, 6) is 4.27. The molecule has 0 radical (unpaired) electrons. The maximum atomic E-state index is 6.04. The number of piperidine rings is 1. The Hall–Kier alpha value is -3.30. The van der Waals surface area contributed by atoms with E-state index in [4.69, 9.17) is 14.5 Å². The van der Waals surface area contributed by atoms with Gasteiger partial charge in [-0.05, 0) is 95.3 Å². The summed E-state index contributed by atoms with van der Waals surface area (Å²) in [6, 6.07) is 8.43. The molecule has 2 aliphatic rings. The van der Waals surface area contributed by atoms with Crippen molar-refractivity contribution in [1.29, 1.82) is 0 Å². The first-order chi connectivity index (χ1) is 19.4. The third-order valence-electron chi connectivity index (χ3n) is 7.51. The minimum absolute atomic E-state index is 0.533. The lowest BCUT2D eigenvalue weighted by Crippen LogP contribution is -2.27. The molecule has 40 heavy (non-hydrogen) atoms. The van der Waals surface area contributed by atoms with Crippen molar-refractivity contribution in [3.8, 4) is 10.8 Å². The number of fused-ring (bicyclic) bond motifs is 3. The van der Waals surface area contributed by atoms with E-state index < -0.39 is 0 Å². The molecule has 214 valence electrons. The standard InChI is InChI=1S/C26H33N5OS.C5H9NO/c1-17-18(2)33-26-24(17)25(28-16-23-30-29-19(3)31(23)26)21-7-9-22(10-8-21)32-15-5-4-6-20-11-13-27-14-12-20;1-4-7-5(2)6-3/h7-10,20,27H,4-6,11-16H2,1-3H3;4H,1H2,2-3H3. The molecule has 1 fully saturated rings. The molecule has 1 aromatic carbocycles. The van der Waals surface area contributed by atoms with E-state index in [2.05, 4.69) is 69.8 Å². The summed E-state index contributed by atoms with van der Waals surface area (Å²) in [6.07, 6.45) is 7.71. The summed E-state index contributed by atoms with van der Waals surface area (Å²) >= 11 is 1.79. The largest absolute Gasteiger partial charge is 0.494 e. The quantitative estimate of drug-likeness (QED) is 0.150. The van der Waals surface area contributed by atoms with Crippen LogP contribution >= 0.6 is 11.3 Å². The monoisotopic (exact) mass is 562 g/mol. The van der Waals surface area contributed by atoms with Crippen molar-refractivity contribution in [3.05, 3.63) is 70.3 Å². The van der Waals surface area contributed by atoms with Gasteiger partial charge < -0.3 is 14.8 Å². The number of aliphatic imine (C=N–C) groups is 2. The van der Waals surface area contributed by atoms with Crippen LogP contribution in [-0.4, -0.2) is 53.1 Å². The molecule has 9 heteroatoms. The van der Waals surface area contributed by atoms with Crippen molar-refractivity contribution in [2.45, 2.75) is 66.3 Å². The Morgan fingerprint density at radius 1 is 1.15 bits per heavy atom. The topological polar surface area (TPSA) is 85.9 Å². The minimum atomic E-state index is 0.533. The second-order valence-corrected chi connectivity index (χ2v) is 11.4. The number of benzene rings is 1. The molecule has 1 N–H and O–H groups in total. The molecule has 2 aromatic heterocycles. The van der Waals surface area contributed by atoms with Gasteiger partial charge in [0, 0.05) is 30.0 Å². The molecule has 0 spiro atoms. The second kappa shape index (κ2) is 14.4. The van der Waals surface area contributed by atoms with Crippen LogP contribution in [0.15, 0.2) is 47.1 Å². The molecule has 0 atom stereocenters. The summed E-state index contributed by atoms with van der Waals surface area (Å²) in [5.41, 5.74) is 4.63. The molecule has 0 amide bonds. The first-order valence-electron chi connectivity index (χ1n) is 14.1. The van der Waals surface area contributed by atoms with E-state index in [1.54, 1.807) is 25.3 Å². The van der Waals surface area contributed by atoms with Crippen LogP contribution in [0.5, 0.6) is 5.75 Å². The molecule has 0 unspecified atom stereocenters. The Morgan fingerprint density at radius 2 is 1.90 bits per heavy atom. The van der Waals surface area contributed by atoms with E-state index >= 15 is 0 Å². The second-order valence-electron chi connectivity index (χ2n) is 10.2. The van der Waals surface area contributed by atoms with Crippen molar-refractivity contribution in [3.63, 3.8) is 0 Å². The normalized spacial score (nSPS) is 15.2. The zero-order valence-electron chi connectivity index (χ0n) is 24.5. The summed E-state index contributed by atoms with van der Waals surface area (Å²) < 4.78 is 12.9. The highest BCUT2D eigenvalue weighted by atomic mass is 32.1. The number of hydrogen-bond acceptors (Lipinski definition) is 8. The van der Waals surface area contributed by atoms with Gasteiger partial charge in [0.15, 0.2) is 11.7 Å². The van der Waals surface area contributed by atoms with Crippen LogP contribution in [0.2, 0.25) is 0 Å². The van der Waals surface area contributed by atoms with Gasteiger partial charge in [0.1, 0.15) is 23.1 Å². The highest BCUT2D eigenvalue weighted by Gasteiger charge is 2.26. The van der Waals surface area contributed by atoms with Crippen LogP contribution in [-0.2, 0) is 11.3 Å². The van der Waals surface area contributed by atoms with E-state index in [9.17, 15) is 0 Å². The van der Waals surface area contributed by atoms with Crippen LogP contribution in [0.4, 0.5) is 0 Å². The van der Waals surface area contributed by atoms with Crippen molar-refractivity contribution >= 4 is 22.9 Å². The summed E-state index contributed by atoms with van der Waals surface area (Å²) in [5, 5.41) is 13.3. The van der Waals surface area contributed by atoms with Crippen LogP contribution in [0, 0.1) is 26.7 Å². The smallest absolute Gasteiger partial charge is 0.185 e. The number of unbranched alkanes of at least 4 members (excludes halogenated alkanes) is 1. The van der Waals surface area contributed by atoms with Crippen molar-refractivity contribution in [2.24, 2.45) is 15.9 Å². The van der Waals surface area contributed by atoms with Gasteiger partial charge in [-0.3, -0.25) is 14.6 Å². The lowest BCUT2D eigenvalue weighted by Gasteiger charge is -2.22. The number of hydrogen-bond donors (Lipinski definition) is 1. The van der Waals surface area contributed by atoms with E-state index in [1.165, 1.54) is 66.0 Å². The third-order valence-corrected chi connectivity index (χ3v) is 8.70. The Kier molecular flexibility index (Phi) is 10.7. The highest BCUT2D eigenvalue weighted by Crippen LogP contribution is 2.36. The summed E-state index contributed by atoms with van der Waals surface area (Å²) in [7, 11) is 1.67. The molecule has 3 aromatic rings. The summed E-state index contributed by atoms with van der Waals surface area (Å²) in [4.78, 5) is 9.98. The van der Waals surface area contributed by atoms with E-state index in [1.807, 2.05) is 6.92 Å². The molecular formula is C31H42N6O2S. The predicted octanol–water partition coefficient (Wildman–Crippen LogP) is 6.35. The number of nitrogens with one attached hydrogen (secondary N) is 1. The van der Waals surface area contributed by atoms with Gasteiger partial charge in [-0.1, -0.05) is 13.0 Å². The van der Waals surface area contributed by atoms with Crippen molar-refractivity contribution < 1.29 is 9.47 Å². The molecule has 4 heterocycles. The average molecular weight is 563 g/mol. The molecule has 0 bridgehead atoms. The Bertz CT molecular complexity index is 1330. The fourth-order valence-corrected chi connectivity index (χ4v) is 6.29. The van der Waals surface area contributed by atoms with Gasteiger partial charge in [0.05, 0.1) is 18.6 Å². The van der Waals surface area contributed by atoms with Gasteiger partial charge in [0.25, 0.3) is 0 Å². The number of thiophene rings is 1. The molecule has 5 rings (SSSR count). The van der Waals surface area contributed by atoms with Gasteiger partial charge in [-0.25, -0.2) is 0 Å². The fourth-order valence-electron chi connectivity index (χ4n) is 5.06. The number of ether oxygens (including phenoxy) is 2. The van der Waals surface area contributed by atoms with Crippen LogP contribution in [0.25, 0.3) is 5.00 Å².